The van der Waals surface area contributed by atoms with Crippen LogP contribution in [0.25, 0.3) is 0 Å². The van der Waals surface area contributed by atoms with E-state index in [-0.39, 0.29) is 11.7 Å². The van der Waals surface area contributed by atoms with Gasteiger partial charge in [0.05, 0.1) is 11.2 Å². The van der Waals surface area contributed by atoms with Crippen LogP contribution in [0.3, 0.4) is 0 Å². The summed E-state index contributed by atoms with van der Waals surface area (Å²) in [4.78, 5) is 19.2. The highest BCUT2D eigenvalue weighted by Gasteiger charge is 2.33. The third kappa shape index (κ3) is 2.88. The first kappa shape index (κ1) is 13.2. The number of aryl methyl sites for hydroxylation is 1. The molecule has 1 aromatic heterocycles. The van der Waals surface area contributed by atoms with E-state index in [1.54, 1.807) is 18.3 Å². The van der Waals surface area contributed by atoms with E-state index < -0.39 is 0 Å². The molecular weight excluding hydrogens is 275 g/mol. The molecule has 20 heavy (non-hydrogen) atoms. The minimum absolute atomic E-state index is 0.0300. The molecule has 2 aromatic rings. The second-order valence-electron chi connectivity index (χ2n) is 5.03. The Balaban J connectivity index is 1.79. The molecule has 0 atom stereocenters. The zero-order valence-corrected chi connectivity index (χ0v) is 12.0. The Morgan fingerprint density at radius 1 is 1.40 bits per heavy atom. The van der Waals surface area contributed by atoms with E-state index in [4.69, 9.17) is 0 Å². The third-order valence-corrected chi connectivity index (χ3v) is 4.25. The number of hydrogen-bond donors (Lipinski definition) is 0. The summed E-state index contributed by atoms with van der Waals surface area (Å²) in [6, 6.07) is 6.64. The second-order valence-corrected chi connectivity index (χ2v) is 6.27. The van der Waals surface area contributed by atoms with E-state index >= 15 is 0 Å². The van der Waals surface area contributed by atoms with Gasteiger partial charge in [0.15, 0.2) is 0 Å². The van der Waals surface area contributed by atoms with Gasteiger partial charge in [-0.05, 0) is 37.5 Å². The van der Waals surface area contributed by atoms with Crippen molar-refractivity contribution < 1.29 is 9.18 Å². The van der Waals surface area contributed by atoms with Crippen molar-refractivity contribution >= 4 is 17.2 Å². The van der Waals surface area contributed by atoms with Crippen molar-refractivity contribution in [2.45, 2.75) is 32.4 Å². The van der Waals surface area contributed by atoms with Gasteiger partial charge in [-0.25, -0.2) is 9.37 Å². The molecule has 0 N–H and O–H groups in total. The fourth-order valence-corrected chi connectivity index (χ4v) is 2.87. The minimum Gasteiger partial charge on any atom is -0.331 e. The molecule has 1 heterocycles. The predicted molar refractivity (Wildman–Crippen MR) is 76.1 cm³/mol. The molecule has 5 heteroatoms. The van der Waals surface area contributed by atoms with Crippen LogP contribution in [0.2, 0.25) is 0 Å². The third-order valence-electron chi connectivity index (χ3n) is 3.35. The standard InChI is InChI=1S/C15H15FN2OS/c1-10-17-8-14(20-10)15(19)18(13-6-7-13)9-11-2-4-12(16)5-3-11/h2-5,8,13H,6-7,9H2,1H3. The fraction of sp³-hybridized carbons (Fsp3) is 0.333. The van der Waals surface area contributed by atoms with Gasteiger partial charge in [-0.1, -0.05) is 12.1 Å². The highest BCUT2D eigenvalue weighted by Crippen LogP contribution is 2.30. The van der Waals surface area contributed by atoms with Crippen LogP contribution < -0.4 is 0 Å². The van der Waals surface area contributed by atoms with Crippen LogP contribution in [-0.4, -0.2) is 21.8 Å². The molecule has 1 aromatic carbocycles. The maximum atomic E-state index is 12.9. The van der Waals surface area contributed by atoms with Crippen LogP contribution in [0.1, 0.15) is 33.1 Å². The van der Waals surface area contributed by atoms with E-state index in [1.165, 1.54) is 23.5 Å². The lowest BCUT2D eigenvalue weighted by Crippen LogP contribution is -2.32. The SMILES string of the molecule is Cc1ncc(C(=O)N(Cc2ccc(F)cc2)C2CC2)s1. The molecule has 1 saturated carbocycles. The van der Waals surface area contributed by atoms with Crippen molar-refractivity contribution in [1.82, 2.24) is 9.88 Å². The van der Waals surface area contributed by atoms with Gasteiger partial charge in [-0.2, -0.15) is 0 Å². The second kappa shape index (κ2) is 5.32. The molecule has 3 nitrogen and oxygen atoms in total. The van der Waals surface area contributed by atoms with Gasteiger partial charge in [0.2, 0.25) is 0 Å². The first-order valence-corrected chi connectivity index (χ1v) is 7.43. The van der Waals surface area contributed by atoms with E-state index in [9.17, 15) is 9.18 Å². The molecule has 0 unspecified atom stereocenters. The Kier molecular flexibility index (Phi) is 3.53. The van der Waals surface area contributed by atoms with Gasteiger partial charge in [0.1, 0.15) is 10.7 Å². The van der Waals surface area contributed by atoms with E-state index in [1.807, 2.05) is 11.8 Å². The van der Waals surface area contributed by atoms with E-state index in [0.29, 0.717) is 17.5 Å². The summed E-state index contributed by atoms with van der Waals surface area (Å²) in [5, 5.41) is 0.894. The smallest absolute Gasteiger partial charge is 0.266 e. The largest absolute Gasteiger partial charge is 0.331 e. The van der Waals surface area contributed by atoms with Crippen molar-refractivity contribution in [3.05, 3.63) is 51.7 Å². The number of amides is 1. The Labute approximate surface area is 121 Å². The molecule has 0 radical (unpaired) electrons. The summed E-state index contributed by atoms with van der Waals surface area (Å²) in [5.74, 6) is -0.224. The molecule has 0 saturated heterocycles. The lowest BCUT2D eigenvalue weighted by molar-refractivity contribution is 0.0734. The first-order valence-electron chi connectivity index (χ1n) is 6.61. The zero-order valence-electron chi connectivity index (χ0n) is 11.2. The van der Waals surface area contributed by atoms with Crippen molar-refractivity contribution in [2.75, 3.05) is 0 Å². The van der Waals surface area contributed by atoms with Crippen LogP contribution in [0.15, 0.2) is 30.5 Å². The highest BCUT2D eigenvalue weighted by atomic mass is 32.1. The average Bonchev–Trinajstić information content (AvgIpc) is 3.19. The number of carbonyl (C=O) groups excluding carboxylic acids is 1. The predicted octanol–water partition coefficient (Wildman–Crippen LogP) is 3.40. The summed E-state index contributed by atoms with van der Waals surface area (Å²) >= 11 is 1.42. The van der Waals surface area contributed by atoms with Crippen LogP contribution in [0, 0.1) is 12.7 Å². The molecule has 0 bridgehead atoms. The number of thiazole rings is 1. The summed E-state index contributed by atoms with van der Waals surface area (Å²) in [6.45, 7) is 2.42. The van der Waals surface area contributed by atoms with Crippen LogP contribution in [0.4, 0.5) is 4.39 Å². The molecule has 1 aliphatic rings. The highest BCUT2D eigenvalue weighted by molar-refractivity contribution is 7.13. The topological polar surface area (TPSA) is 33.2 Å². The Morgan fingerprint density at radius 3 is 2.65 bits per heavy atom. The van der Waals surface area contributed by atoms with Gasteiger partial charge < -0.3 is 4.90 Å². The summed E-state index contributed by atoms with van der Waals surface area (Å²) in [7, 11) is 0. The molecule has 1 aliphatic carbocycles. The minimum atomic E-state index is -0.254. The fourth-order valence-electron chi connectivity index (χ4n) is 2.14. The quantitative estimate of drug-likeness (QED) is 0.864. The number of hydrogen-bond acceptors (Lipinski definition) is 3. The Bertz CT molecular complexity index is 619. The summed E-state index contributed by atoms with van der Waals surface area (Å²) in [5.41, 5.74) is 0.952. The molecule has 0 spiro atoms. The zero-order chi connectivity index (χ0) is 14.1. The molecule has 1 amide bonds. The number of halogens is 1. The van der Waals surface area contributed by atoms with Crippen LogP contribution >= 0.6 is 11.3 Å². The molecule has 1 fully saturated rings. The van der Waals surface area contributed by atoms with E-state index in [0.717, 1.165) is 23.4 Å². The van der Waals surface area contributed by atoms with Crippen molar-refractivity contribution in [3.8, 4) is 0 Å². The van der Waals surface area contributed by atoms with Gasteiger partial charge in [0.25, 0.3) is 5.91 Å². The van der Waals surface area contributed by atoms with Crippen LogP contribution in [0.5, 0.6) is 0 Å². The molecule has 3 rings (SSSR count). The van der Waals surface area contributed by atoms with Gasteiger partial charge in [0, 0.05) is 12.6 Å². The lowest BCUT2D eigenvalue weighted by Gasteiger charge is -2.21. The van der Waals surface area contributed by atoms with Crippen molar-refractivity contribution in [2.24, 2.45) is 0 Å². The first-order chi connectivity index (χ1) is 9.63. The van der Waals surface area contributed by atoms with Crippen LogP contribution in [-0.2, 0) is 6.54 Å². The monoisotopic (exact) mass is 290 g/mol. The summed E-state index contributed by atoms with van der Waals surface area (Å²) < 4.78 is 12.9. The van der Waals surface area contributed by atoms with Gasteiger partial charge in [-0.15, -0.1) is 11.3 Å². The maximum absolute atomic E-state index is 12.9. The molecule has 0 aliphatic heterocycles. The number of rotatable bonds is 4. The van der Waals surface area contributed by atoms with Gasteiger partial charge in [-0.3, -0.25) is 4.79 Å². The Morgan fingerprint density at radius 2 is 2.10 bits per heavy atom. The lowest BCUT2D eigenvalue weighted by atomic mass is 10.2. The van der Waals surface area contributed by atoms with Crippen molar-refractivity contribution in [3.63, 3.8) is 0 Å². The number of nitrogens with zero attached hydrogens (tertiary/aromatic N) is 2. The number of aromatic nitrogens is 1. The average molecular weight is 290 g/mol. The maximum Gasteiger partial charge on any atom is 0.266 e. The Hall–Kier alpha value is -1.75. The molecular formula is C15H15FN2OS. The normalized spacial score (nSPS) is 14.3. The summed E-state index contributed by atoms with van der Waals surface area (Å²) in [6.07, 6.45) is 3.73. The number of benzene rings is 1. The number of carbonyl (C=O) groups is 1. The molecule has 104 valence electrons. The van der Waals surface area contributed by atoms with Crippen molar-refractivity contribution in [1.29, 1.82) is 0 Å². The van der Waals surface area contributed by atoms with E-state index in [2.05, 4.69) is 4.98 Å². The van der Waals surface area contributed by atoms with Gasteiger partial charge >= 0.3 is 0 Å².